The Bertz CT molecular complexity index is 2940. The van der Waals surface area contributed by atoms with Crippen LogP contribution >= 0.6 is 27.4 Å². The zero-order valence-electron chi connectivity index (χ0n) is 95.1. The first kappa shape index (κ1) is 136. The number of morpholine rings is 1. The van der Waals surface area contributed by atoms with E-state index in [0.717, 1.165) is 186 Å². The number of amides is 1. The summed E-state index contributed by atoms with van der Waals surface area (Å²) in [7, 11) is -6.50. The Balaban J connectivity index is 0.000000756. The minimum absolute atomic E-state index is 0.0101. The first-order valence-corrected chi connectivity index (χ1v) is 59.5. The molecule has 3 atom stereocenters. The van der Waals surface area contributed by atoms with Crippen molar-refractivity contribution in [3.63, 3.8) is 0 Å². The molecule has 139 heavy (non-hydrogen) atoms. The van der Waals surface area contributed by atoms with E-state index in [0.29, 0.717) is 80.4 Å². The lowest BCUT2D eigenvalue weighted by atomic mass is 10.0. The molecule has 0 aromatic carbocycles. The molecule has 0 bridgehead atoms. The van der Waals surface area contributed by atoms with Gasteiger partial charge in [0.1, 0.15) is 12.5 Å². The van der Waals surface area contributed by atoms with Gasteiger partial charge in [0.25, 0.3) is 0 Å². The van der Waals surface area contributed by atoms with E-state index in [9.17, 15) is 23.8 Å². The molecule has 0 saturated carbocycles. The summed E-state index contributed by atoms with van der Waals surface area (Å²) in [5, 5.41) is 19.6. The van der Waals surface area contributed by atoms with E-state index in [2.05, 4.69) is 295 Å². The molecule has 13 aliphatic heterocycles. The second-order valence-electron chi connectivity index (χ2n) is 43.5. The number of piperidine rings is 4. The van der Waals surface area contributed by atoms with Gasteiger partial charge in [-0.05, 0) is 317 Å². The van der Waals surface area contributed by atoms with Gasteiger partial charge in [-0.2, -0.15) is 21.4 Å². The van der Waals surface area contributed by atoms with Crippen molar-refractivity contribution in [1.29, 1.82) is 0 Å². The number of phosphoric ester groups is 1. The van der Waals surface area contributed by atoms with Gasteiger partial charge < -0.3 is 68.7 Å². The molecule has 13 heterocycles. The number of ether oxygens (including phenoxy) is 2. The van der Waals surface area contributed by atoms with Crippen LogP contribution in [0.3, 0.4) is 0 Å². The highest BCUT2D eigenvalue weighted by molar-refractivity contribution is 7.99. The Hall–Kier alpha value is -1.29. The fourth-order valence-corrected chi connectivity index (χ4v) is 20.5. The summed E-state index contributed by atoms with van der Waals surface area (Å²) in [4.78, 5) is 96.7. The van der Waals surface area contributed by atoms with E-state index in [1.165, 1.54) is 192 Å². The molecule has 13 saturated heterocycles. The van der Waals surface area contributed by atoms with Crippen LogP contribution in [0.1, 0.15) is 291 Å². The number of carbonyl (C=O) groups is 2. The number of nitrogens with zero attached hydrogens (tertiary/aromatic N) is 18. The standard InChI is InChI=1S/C10H20N2O2.C9H20N2.C9H19N.C8H19N2O4P.C8H18N2.C8H15NO.2C8H17NO.C8H17N.C7H17N2O4P.C7H15NO.C7H15NS.C7H15N/c1-4-14-10(13)12-7-5-11(6-8-12)9(2)3;1-4-10-5-7-11(8-6-10)9(2)3;1-8(2)10-7-5-4-6-9(10)3;1-8(2)10-5-3-9(4-6-10)7-14-15(11,12)13;1-8(2)10-6-4-9(3)5-7-10;1-7(2)9-5-3-8(10)4-6-9;1-7(2)9-5-3-4-8(9)6-10;1-7(2)9-5-3-4-8(10)6-9;1-8(2)9-6-4-3-5-7-9;1-7(2)8-3-5-9(6-4-8)13-14(10,11)12;2*1-7(2)8-3-5-9-6-4-8;1-7(2)8-5-3-4-6-8/h9H,4-8H2,1-3H3;9H,4-8H2,1-3H3;8-9H,4-7H2,1-3H3;8H,3-7H2,1-2H3,(H2,11,12,13);8H,4-7H2,1-3H3;7H,3-6H2,1-2H3;2*7-8,10H,3-6H2,1-2H3;8H,3-7H2,1-2H3;7H,3-6H2,1-2H3,(H2,10,11,12);2*7H,3-6H2,1-2H3;7H,3-6H2,1-2H3/t;;;;;;2*8-;;;;;/m......01...../s1. The predicted molar refractivity (Wildman–Crippen MR) is 584 cm³/mol. The maximum Gasteiger partial charge on any atom is 0.486 e. The highest BCUT2D eigenvalue weighted by Crippen LogP contribution is 2.38. The first-order valence-electron chi connectivity index (χ1n) is 55.3. The van der Waals surface area contributed by atoms with Crippen molar-refractivity contribution < 1.29 is 67.1 Å². The number of likely N-dealkylation sites (tertiary alicyclic amines) is 6. The average Bonchev–Trinajstić information content (AvgIpc) is 1.85. The third kappa shape index (κ3) is 65.4. The fraction of sp³-hybridized carbons (Fsp3) is 0.981. The van der Waals surface area contributed by atoms with E-state index in [1.807, 2.05) is 11.8 Å². The highest BCUT2D eigenvalue weighted by Gasteiger charge is 2.31. The van der Waals surface area contributed by atoms with Crippen molar-refractivity contribution in [2.45, 2.75) is 387 Å². The molecule has 35 heteroatoms. The van der Waals surface area contributed by atoms with Crippen LogP contribution in [0.2, 0.25) is 0 Å². The number of aliphatic hydroxyl groups is 2. The van der Waals surface area contributed by atoms with E-state index in [1.54, 1.807) is 4.90 Å². The highest BCUT2D eigenvalue weighted by atomic mass is 32.2. The third-order valence-electron chi connectivity index (χ3n) is 28.8. The number of hydrogen-bond acceptors (Lipinski definition) is 28. The lowest BCUT2D eigenvalue weighted by molar-refractivity contribution is -0.121. The van der Waals surface area contributed by atoms with Gasteiger partial charge in [-0.25, -0.2) is 13.9 Å². The smallest absolute Gasteiger partial charge is 0.450 e. The van der Waals surface area contributed by atoms with Gasteiger partial charge in [-0.1, -0.05) is 19.8 Å². The Morgan fingerprint density at radius 3 is 1.06 bits per heavy atom. The van der Waals surface area contributed by atoms with Crippen LogP contribution in [0.4, 0.5) is 4.79 Å². The van der Waals surface area contributed by atoms with E-state index in [-0.39, 0.29) is 18.9 Å². The largest absolute Gasteiger partial charge is 0.486 e. The Labute approximate surface area is 858 Å². The summed E-state index contributed by atoms with van der Waals surface area (Å²) in [5.74, 6) is 3.09. The van der Waals surface area contributed by atoms with Gasteiger partial charge in [0, 0.05) is 292 Å². The molecule has 0 aromatic heterocycles. The number of aliphatic hydroxyl groups excluding tert-OH is 2. The molecular formula is C104H224N18O14P2S. The van der Waals surface area contributed by atoms with Gasteiger partial charge in [0.15, 0.2) is 0 Å². The minimum Gasteiger partial charge on any atom is -0.450 e. The second-order valence-corrected chi connectivity index (χ2v) is 47.1. The lowest BCUT2D eigenvalue weighted by Crippen LogP contribution is -2.50. The maximum atomic E-state index is 11.4. The minimum atomic E-state index is -4.37. The maximum absolute atomic E-state index is 11.4. The van der Waals surface area contributed by atoms with Crippen LogP contribution < -0.4 is 0 Å². The van der Waals surface area contributed by atoms with E-state index in [4.69, 9.17) is 34.2 Å². The number of phosphoric acid groups is 2. The molecule has 0 spiro atoms. The normalized spacial score (nSPS) is 23.5. The fourth-order valence-electron chi connectivity index (χ4n) is 18.8. The Kier molecular flexibility index (Phi) is 76.1. The lowest BCUT2D eigenvalue weighted by Gasteiger charge is -2.36. The van der Waals surface area contributed by atoms with Gasteiger partial charge >= 0.3 is 21.7 Å². The van der Waals surface area contributed by atoms with Crippen LogP contribution in [-0.2, 0) is 32.5 Å². The molecule has 32 nitrogen and oxygen atoms in total. The predicted octanol–water partition coefficient (Wildman–Crippen LogP) is 13.5. The number of β-amino-alcohol motifs (C(OH)–C–C–N with tert-alkyl or cyclic N) is 1. The van der Waals surface area contributed by atoms with Gasteiger partial charge in [0.2, 0.25) is 0 Å². The third-order valence-corrected chi connectivity index (χ3v) is 30.6. The van der Waals surface area contributed by atoms with Crippen molar-refractivity contribution in [1.82, 2.24) is 88.4 Å². The van der Waals surface area contributed by atoms with Gasteiger partial charge in [0.05, 0.1) is 32.5 Å². The number of rotatable bonds is 21. The van der Waals surface area contributed by atoms with E-state index >= 15 is 0 Å². The quantitative estimate of drug-likeness (QED) is 0.0582. The SMILES string of the molecule is CC(C)N1CCC(=O)CC1.CC(C)N1CCCC1.CC(C)N1CCCCC1.CC(C)N1CCCCC1C.CC(C)N1CCC[C@@H](O)C1.CC(C)N1CCC[C@H]1CO.CC(C)N1CCN(C)CC1.CC(C)N1CCN(COP(=O)(O)O)CC1.CC(C)N1CCN(OP(=O)(O)O)CC1.CC(C)N1CCOCC1.CC(C)N1CCSCC1.CCN1CCN(C(C)C)CC1.CCOC(=O)N1CCN(C(C)C)CC1. The number of thioether (sulfide) groups is 1. The molecular weight excluding hydrogens is 1820 g/mol. The summed E-state index contributed by atoms with van der Waals surface area (Å²) in [6, 6.07) is 9.82. The van der Waals surface area contributed by atoms with Gasteiger partial charge in [-0.3, -0.25) is 63.2 Å². The number of Topliss-reactive ketones (excluding diaryl/α,β-unsaturated/α-hetero) is 1. The summed E-state index contributed by atoms with van der Waals surface area (Å²) >= 11 is 2.07. The van der Waals surface area contributed by atoms with Crippen LogP contribution in [0, 0.1) is 0 Å². The summed E-state index contributed by atoms with van der Waals surface area (Å²) in [6.07, 6.45) is 17.2. The van der Waals surface area contributed by atoms with E-state index < -0.39 is 15.6 Å². The molecule has 6 N–H and O–H groups in total. The van der Waals surface area contributed by atoms with Crippen LogP contribution in [0.15, 0.2) is 0 Å². The molecule has 830 valence electrons. The summed E-state index contributed by atoms with van der Waals surface area (Å²) < 4.78 is 40.1. The molecule has 13 aliphatic rings. The van der Waals surface area contributed by atoms with Crippen LogP contribution in [0.5, 0.6) is 0 Å². The van der Waals surface area contributed by atoms with Crippen LogP contribution in [0.25, 0.3) is 0 Å². The van der Waals surface area contributed by atoms with Crippen molar-refractivity contribution in [2.24, 2.45) is 0 Å². The molecule has 0 aliphatic carbocycles. The average molecular weight is 2050 g/mol. The van der Waals surface area contributed by atoms with Crippen molar-refractivity contribution >= 4 is 39.3 Å². The number of carbonyl (C=O) groups excluding carboxylic acids is 2. The van der Waals surface area contributed by atoms with Crippen molar-refractivity contribution in [3.8, 4) is 0 Å². The molecule has 1 amide bonds. The number of ketones is 1. The topological polar surface area (TPSA) is 285 Å². The number of hydrogen-bond donors (Lipinski definition) is 6. The van der Waals surface area contributed by atoms with Crippen molar-refractivity contribution in [3.05, 3.63) is 0 Å². The summed E-state index contributed by atoms with van der Waals surface area (Å²) in [5.41, 5.74) is 0. The zero-order valence-corrected chi connectivity index (χ0v) is 97.7. The Morgan fingerprint density at radius 1 is 0.381 bits per heavy atom. The monoisotopic (exact) mass is 2040 g/mol. The number of piperazine rings is 5. The molecule has 0 aromatic rings. The molecule has 13 rings (SSSR count). The first-order chi connectivity index (χ1) is 65.4. The number of hydroxylamine groups is 2. The zero-order chi connectivity index (χ0) is 105. The second kappa shape index (κ2) is 78.0. The number of likely N-dealkylation sites (N-methyl/N-ethyl adjacent to an activating group) is 2. The molecule has 0 radical (unpaired) electrons. The Morgan fingerprint density at radius 2 is 0.727 bits per heavy atom. The van der Waals surface area contributed by atoms with Crippen LogP contribution in [-0.4, -0.2) is 508 Å². The van der Waals surface area contributed by atoms with Gasteiger partial charge in [-0.15, -0.1) is 0 Å². The molecule has 13 fully saturated rings. The van der Waals surface area contributed by atoms with Crippen molar-refractivity contribution in [2.75, 3.05) is 281 Å². The summed E-state index contributed by atoms with van der Waals surface area (Å²) in [6.45, 7) is 104. The molecule has 1 unspecified atom stereocenters.